The van der Waals surface area contributed by atoms with E-state index in [9.17, 15) is 13.2 Å². The molecule has 0 radical (unpaired) electrons. The Kier molecular flexibility index (Phi) is 5.37. The van der Waals surface area contributed by atoms with Crippen molar-refractivity contribution in [1.82, 2.24) is 24.3 Å². The maximum absolute atomic E-state index is 12.8. The maximum Gasteiger partial charge on any atom is 0.243 e. The third kappa shape index (κ3) is 4.03. The molecule has 10 heteroatoms. The summed E-state index contributed by atoms with van der Waals surface area (Å²) in [6.07, 6.45) is 3.97. The number of aryl methyl sites for hydroxylation is 2. The number of sulfonamides is 1. The first-order chi connectivity index (χ1) is 13.9. The molecule has 2 aromatic heterocycles. The van der Waals surface area contributed by atoms with E-state index in [1.54, 1.807) is 24.3 Å². The molecule has 29 heavy (non-hydrogen) atoms. The topological polar surface area (TPSA) is 110 Å². The number of imidazole rings is 1. The van der Waals surface area contributed by atoms with E-state index < -0.39 is 10.0 Å². The van der Waals surface area contributed by atoms with E-state index in [0.29, 0.717) is 37.3 Å². The standard InChI is InChI=1S/C19H23N5O4S/c1-23-17-5-4-15(29(26,27)24-9-2-3-10-24)12-16(17)21-18(23)6-7-19(25)20-13-14-8-11-28-22-14/h4-5,8,11-12H,2-3,6-7,9-10,13H2,1H3,(H,20,25). The second-order valence-corrected chi connectivity index (χ2v) is 9.05. The Hall–Kier alpha value is -2.72. The minimum atomic E-state index is -3.48. The first-order valence-corrected chi connectivity index (χ1v) is 11.0. The van der Waals surface area contributed by atoms with Gasteiger partial charge in [0.15, 0.2) is 0 Å². The summed E-state index contributed by atoms with van der Waals surface area (Å²) in [7, 11) is -1.61. The predicted octanol–water partition coefficient (Wildman–Crippen LogP) is 1.59. The second kappa shape index (κ2) is 7.96. The Morgan fingerprint density at radius 3 is 2.76 bits per heavy atom. The van der Waals surface area contributed by atoms with Gasteiger partial charge in [-0.25, -0.2) is 13.4 Å². The number of benzene rings is 1. The average Bonchev–Trinajstić information content (AvgIpc) is 3.46. The van der Waals surface area contributed by atoms with E-state index in [0.717, 1.165) is 24.2 Å². The largest absolute Gasteiger partial charge is 0.364 e. The second-order valence-electron chi connectivity index (χ2n) is 7.12. The Balaban J connectivity index is 1.46. The monoisotopic (exact) mass is 417 g/mol. The minimum absolute atomic E-state index is 0.114. The van der Waals surface area contributed by atoms with E-state index in [2.05, 4.69) is 15.5 Å². The highest BCUT2D eigenvalue weighted by molar-refractivity contribution is 7.89. The van der Waals surface area contributed by atoms with E-state index in [-0.39, 0.29) is 17.2 Å². The van der Waals surface area contributed by atoms with Crippen LogP contribution in [0.3, 0.4) is 0 Å². The van der Waals surface area contributed by atoms with Crippen LogP contribution in [0.2, 0.25) is 0 Å². The molecule has 3 aromatic rings. The quantitative estimate of drug-likeness (QED) is 0.625. The van der Waals surface area contributed by atoms with Gasteiger partial charge < -0.3 is 14.4 Å². The SMILES string of the molecule is Cn1c(CCC(=O)NCc2ccon2)nc2cc(S(=O)(=O)N3CCCC3)ccc21. The van der Waals surface area contributed by atoms with E-state index in [4.69, 9.17) is 4.52 Å². The third-order valence-electron chi connectivity index (χ3n) is 5.18. The molecule has 1 aliphatic rings. The van der Waals surface area contributed by atoms with Crippen molar-refractivity contribution >= 4 is 27.0 Å². The average molecular weight is 417 g/mol. The smallest absolute Gasteiger partial charge is 0.243 e. The maximum atomic E-state index is 12.8. The molecule has 154 valence electrons. The van der Waals surface area contributed by atoms with Crippen molar-refractivity contribution in [2.24, 2.45) is 7.05 Å². The number of hydrogen-bond donors (Lipinski definition) is 1. The van der Waals surface area contributed by atoms with Gasteiger partial charge in [-0.1, -0.05) is 5.16 Å². The van der Waals surface area contributed by atoms with E-state index in [1.165, 1.54) is 10.6 Å². The highest BCUT2D eigenvalue weighted by Crippen LogP contribution is 2.25. The molecule has 1 N–H and O–H groups in total. The van der Waals surface area contributed by atoms with E-state index >= 15 is 0 Å². The fourth-order valence-electron chi connectivity index (χ4n) is 3.52. The molecule has 0 unspecified atom stereocenters. The van der Waals surface area contributed by atoms with Crippen molar-refractivity contribution in [3.8, 4) is 0 Å². The Labute approximate surface area is 168 Å². The van der Waals surface area contributed by atoms with Crippen LogP contribution in [0.4, 0.5) is 0 Å². The molecule has 1 aromatic carbocycles. The molecule has 1 amide bonds. The number of rotatable bonds is 7. The molecule has 1 aliphatic heterocycles. The third-order valence-corrected chi connectivity index (χ3v) is 7.08. The minimum Gasteiger partial charge on any atom is -0.364 e. The summed E-state index contributed by atoms with van der Waals surface area (Å²) in [5, 5.41) is 6.53. The lowest BCUT2D eigenvalue weighted by Gasteiger charge is -2.15. The summed E-state index contributed by atoms with van der Waals surface area (Å²) in [5.74, 6) is 0.615. The molecule has 3 heterocycles. The molecule has 1 saturated heterocycles. The van der Waals surface area contributed by atoms with Crippen LogP contribution in [0.25, 0.3) is 11.0 Å². The fourth-order valence-corrected chi connectivity index (χ4v) is 5.06. The number of nitrogens with zero attached hydrogens (tertiary/aromatic N) is 4. The van der Waals surface area contributed by atoms with Crippen molar-refractivity contribution in [2.75, 3.05) is 13.1 Å². The van der Waals surface area contributed by atoms with Crippen molar-refractivity contribution in [3.05, 3.63) is 42.0 Å². The molecule has 0 spiro atoms. The van der Waals surface area contributed by atoms with Crippen LogP contribution in [-0.4, -0.2) is 46.4 Å². The van der Waals surface area contributed by atoms with Crippen molar-refractivity contribution < 1.29 is 17.7 Å². The highest BCUT2D eigenvalue weighted by Gasteiger charge is 2.27. The summed E-state index contributed by atoms with van der Waals surface area (Å²) in [6, 6.07) is 6.72. The zero-order valence-electron chi connectivity index (χ0n) is 16.2. The van der Waals surface area contributed by atoms with Gasteiger partial charge in [0.2, 0.25) is 15.9 Å². The normalized spacial score (nSPS) is 15.2. The highest BCUT2D eigenvalue weighted by atomic mass is 32.2. The van der Waals surface area contributed by atoms with Gasteiger partial charge in [-0.05, 0) is 31.0 Å². The molecule has 0 aliphatic carbocycles. The number of nitrogens with one attached hydrogen (secondary N) is 1. The molecule has 4 rings (SSSR count). The van der Waals surface area contributed by atoms with Crippen LogP contribution in [-0.2, 0) is 34.8 Å². The number of fused-ring (bicyclic) bond motifs is 1. The Morgan fingerprint density at radius 2 is 2.03 bits per heavy atom. The lowest BCUT2D eigenvalue weighted by Crippen LogP contribution is -2.27. The molecular formula is C19H23N5O4S. The van der Waals surface area contributed by atoms with Crippen LogP contribution in [0.5, 0.6) is 0 Å². The van der Waals surface area contributed by atoms with Gasteiger partial charge >= 0.3 is 0 Å². The van der Waals surface area contributed by atoms with Gasteiger partial charge in [-0.2, -0.15) is 4.31 Å². The van der Waals surface area contributed by atoms with Gasteiger partial charge in [-0.15, -0.1) is 0 Å². The molecule has 0 atom stereocenters. The number of hydrogen-bond acceptors (Lipinski definition) is 6. The van der Waals surface area contributed by atoms with Crippen molar-refractivity contribution in [1.29, 1.82) is 0 Å². The summed E-state index contributed by atoms with van der Waals surface area (Å²) >= 11 is 0. The van der Waals surface area contributed by atoms with Gasteiger partial charge in [0, 0.05) is 39.0 Å². The first-order valence-electron chi connectivity index (χ1n) is 9.56. The van der Waals surface area contributed by atoms with Crippen LogP contribution < -0.4 is 5.32 Å². The zero-order chi connectivity index (χ0) is 20.4. The Bertz CT molecular complexity index is 1120. The van der Waals surface area contributed by atoms with Crippen LogP contribution >= 0.6 is 0 Å². The number of carbonyl (C=O) groups excluding carboxylic acids is 1. The number of amides is 1. The van der Waals surface area contributed by atoms with Gasteiger partial charge in [0.25, 0.3) is 0 Å². The number of aromatic nitrogens is 3. The van der Waals surface area contributed by atoms with E-state index in [1.807, 2.05) is 11.6 Å². The number of carbonyl (C=O) groups is 1. The van der Waals surface area contributed by atoms with Gasteiger partial charge in [-0.3, -0.25) is 4.79 Å². The predicted molar refractivity (Wildman–Crippen MR) is 105 cm³/mol. The van der Waals surface area contributed by atoms with Crippen LogP contribution in [0.15, 0.2) is 39.9 Å². The molecule has 0 saturated carbocycles. The van der Waals surface area contributed by atoms with Gasteiger partial charge in [0.05, 0.1) is 22.5 Å². The first kappa shape index (κ1) is 19.6. The summed E-state index contributed by atoms with van der Waals surface area (Å²) in [4.78, 5) is 16.9. The molecule has 9 nitrogen and oxygen atoms in total. The zero-order valence-corrected chi connectivity index (χ0v) is 17.0. The summed E-state index contributed by atoms with van der Waals surface area (Å²) in [5.41, 5.74) is 2.11. The summed E-state index contributed by atoms with van der Waals surface area (Å²) < 4.78 is 33.7. The van der Waals surface area contributed by atoms with Crippen molar-refractivity contribution in [3.63, 3.8) is 0 Å². The fraction of sp³-hybridized carbons (Fsp3) is 0.421. The lowest BCUT2D eigenvalue weighted by molar-refractivity contribution is -0.121. The Morgan fingerprint density at radius 1 is 1.24 bits per heavy atom. The van der Waals surface area contributed by atoms with Crippen LogP contribution in [0, 0.1) is 0 Å². The molecule has 1 fully saturated rings. The lowest BCUT2D eigenvalue weighted by atomic mass is 10.2. The summed E-state index contributed by atoms with van der Waals surface area (Å²) in [6.45, 7) is 1.45. The van der Waals surface area contributed by atoms with Crippen molar-refractivity contribution in [2.45, 2.75) is 37.1 Å². The molecular weight excluding hydrogens is 394 g/mol. The van der Waals surface area contributed by atoms with Crippen LogP contribution in [0.1, 0.15) is 30.8 Å². The molecule has 0 bridgehead atoms. The van der Waals surface area contributed by atoms with Gasteiger partial charge in [0.1, 0.15) is 17.8 Å².